The first-order valence-electron chi connectivity index (χ1n) is 6.98. The Bertz CT molecular complexity index is 728. The molecule has 23 heavy (non-hydrogen) atoms. The van der Waals surface area contributed by atoms with E-state index < -0.39 is 17.7 Å². The summed E-state index contributed by atoms with van der Waals surface area (Å²) in [6.45, 7) is 1.86. The quantitative estimate of drug-likeness (QED) is 0.887. The number of aliphatic hydroxyl groups is 1. The first-order chi connectivity index (χ1) is 11.0. The molecular formula is C17H15F2NO3. The van der Waals surface area contributed by atoms with Crippen molar-refractivity contribution in [2.45, 2.75) is 13.0 Å². The molecule has 4 nitrogen and oxygen atoms in total. The summed E-state index contributed by atoms with van der Waals surface area (Å²) in [5, 5.41) is 18.9. The van der Waals surface area contributed by atoms with Gasteiger partial charge in [-0.25, -0.2) is 8.78 Å². The Labute approximate surface area is 132 Å². The molecule has 0 fully saturated rings. The number of ether oxygens (including phenoxy) is 2. The zero-order valence-corrected chi connectivity index (χ0v) is 12.4. The van der Waals surface area contributed by atoms with Gasteiger partial charge in [0.05, 0.1) is 18.2 Å². The van der Waals surface area contributed by atoms with E-state index in [9.17, 15) is 13.9 Å². The van der Waals surface area contributed by atoms with Gasteiger partial charge in [-0.2, -0.15) is 5.26 Å². The van der Waals surface area contributed by atoms with E-state index in [0.717, 1.165) is 18.2 Å². The highest BCUT2D eigenvalue weighted by atomic mass is 19.1. The summed E-state index contributed by atoms with van der Waals surface area (Å²) < 4.78 is 37.5. The molecule has 2 aromatic rings. The van der Waals surface area contributed by atoms with E-state index in [1.807, 2.05) is 6.07 Å². The molecule has 0 saturated heterocycles. The number of halogens is 2. The van der Waals surface area contributed by atoms with E-state index in [4.69, 9.17) is 14.7 Å². The molecular weight excluding hydrogens is 304 g/mol. The predicted molar refractivity (Wildman–Crippen MR) is 79.1 cm³/mol. The number of benzene rings is 2. The Morgan fingerprint density at radius 3 is 2.61 bits per heavy atom. The minimum atomic E-state index is -1.34. The summed E-state index contributed by atoms with van der Waals surface area (Å²) in [7, 11) is 0. The first-order valence-corrected chi connectivity index (χ1v) is 6.98. The summed E-state index contributed by atoms with van der Waals surface area (Å²) in [5.41, 5.74) is 0.217. The molecule has 0 saturated carbocycles. The van der Waals surface area contributed by atoms with Crippen molar-refractivity contribution in [1.29, 1.82) is 5.26 Å². The molecule has 2 aromatic carbocycles. The normalized spacial score (nSPS) is 11.6. The molecule has 120 valence electrons. The van der Waals surface area contributed by atoms with Gasteiger partial charge in [0.15, 0.2) is 11.5 Å². The van der Waals surface area contributed by atoms with Crippen molar-refractivity contribution >= 4 is 0 Å². The van der Waals surface area contributed by atoms with Gasteiger partial charge in [-0.05, 0) is 37.3 Å². The molecule has 0 spiro atoms. The molecule has 1 atom stereocenters. The zero-order valence-electron chi connectivity index (χ0n) is 12.4. The van der Waals surface area contributed by atoms with Crippen LogP contribution in [0.5, 0.6) is 11.5 Å². The summed E-state index contributed by atoms with van der Waals surface area (Å²) in [4.78, 5) is 0. The zero-order chi connectivity index (χ0) is 16.8. The Kier molecular flexibility index (Phi) is 5.50. The van der Waals surface area contributed by atoms with E-state index in [0.29, 0.717) is 23.7 Å². The van der Waals surface area contributed by atoms with Crippen LogP contribution in [0.3, 0.4) is 0 Å². The highest BCUT2D eigenvalue weighted by Gasteiger charge is 2.16. The molecule has 0 aliphatic rings. The van der Waals surface area contributed by atoms with Gasteiger partial charge in [0.1, 0.15) is 24.3 Å². The first kappa shape index (κ1) is 16.7. The van der Waals surface area contributed by atoms with Gasteiger partial charge in [-0.15, -0.1) is 0 Å². The predicted octanol–water partition coefficient (Wildman–Crippen LogP) is 3.35. The second-order valence-corrected chi connectivity index (χ2v) is 4.70. The fourth-order valence-electron chi connectivity index (χ4n) is 1.99. The Morgan fingerprint density at radius 1 is 1.13 bits per heavy atom. The highest BCUT2D eigenvalue weighted by molar-refractivity contribution is 5.46. The van der Waals surface area contributed by atoms with Crippen LogP contribution in [0.2, 0.25) is 0 Å². The van der Waals surface area contributed by atoms with Gasteiger partial charge < -0.3 is 14.6 Å². The minimum Gasteiger partial charge on any atom is -0.490 e. The van der Waals surface area contributed by atoms with E-state index in [1.54, 1.807) is 6.92 Å². The van der Waals surface area contributed by atoms with Crippen LogP contribution < -0.4 is 9.47 Å². The lowest BCUT2D eigenvalue weighted by Crippen LogP contribution is -2.12. The van der Waals surface area contributed by atoms with Gasteiger partial charge in [-0.1, -0.05) is 0 Å². The number of nitrogens with zero attached hydrogens (tertiary/aromatic N) is 1. The number of hydrogen-bond acceptors (Lipinski definition) is 4. The third kappa shape index (κ3) is 4.18. The maximum atomic E-state index is 13.6. The Hall–Kier alpha value is -2.65. The van der Waals surface area contributed by atoms with Gasteiger partial charge in [0.2, 0.25) is 0 Å². The number of nitriles is 1. The van der Waals surface area contributed by atoms with Crippen molar-refractivity contribution in [2.24, 2.45) is 0 Å². The van der Waals surface area contributed by atoms with Gasteiger partial charge >= 0.3 is 0 Å². The molecule has 0 amide bonds. The average molecular weight is 319 g/mol. The Balaban J connectivity index is 2.14. The van der Waals surface area contributed by atoms with Gasteiger partial charge in [0.25, 0.3) is 0 Å². The standard InChI is InChI=1S/C17H15F2NO3/c1-2-22-17-7-11(9-20)3-6-16(17)23-10-15(21)13-8-12(18)4-5-14(13)19/h3-8,15,21H,2,10H2,1H3. The van der Waals surface area contributed by atoms with Crippen molar-refractivity contribution in [1.82, 2.24) is 0 Å². The molecule has 1 unspecified atom stereocenters. The van der Waals surface area contributed by atoms with Gasteiger partial charge in [-0.3, -0.25) is 0 Å². The number of rotatable bonds is 6. The SMILES string of the molecule is CCOc1cc(C#N)ccc1OCC(O)c1cc(F)ccc1F. The summed E-state index contributed by atoms with van der Waals surface area (Å²) >= 11 is 0. The molecule has 0 heterocycles. The lowest BCUT2D eigenvalue weighted by Gasteiger charge is -2.16. The summed E-state index contributed by atoms with van der Waals surface area (Å²) in [6, 6.07) is 9.39. The monoisotopic (exact) mass is 319 g/mol. The molecule has 0 aliphatic heterocycles. The van der Waals surface area contributed by atoms with Crippen LogP contribution in [0.1, 0.15) is 24.2 Å². The molecule has 0 bridgehead atoms. The fourth-order valence-corrected chi connectivity index (χ4v) is 1.99. The fraction of sp³-hybridized carbons (Fsp3) is 0.235. The Morgan fingerprint density at radius 2 is 1.91 bits per heavy atom. The molecule has 0 radical (unpaired) electrons. The van der Waals surface area contributed by atoms with E-state index >= 15 is 0 Å². The third-order valence-electron chi connectivity index (χ3n) is 3.09. The van der Waals surface area contributed by atoms with Crippen molar-refractivity contribution in [2.75, 3.05) is 13.2 Å². The van der Waals surface area contributed by atoms with Crippen LogP contribution in [0.15, 0.2) is 36.4 Å². The number of hydrogen-bond donors (Lipinski definition) is 1. The minimum absolute atomic E-state index is 0.184. The molecule has 2 rings (SSSR count). The maximum absolute atomic E-state index is 13.6. The van der Waals surface area contributed by atoms with Crippen LogP contribution in [-0.4, -0.2) is 18.3 Å². The summed E-state index contributed by atoms with van der Waals surface area (Å²) in [5.74, 6) is -0.707. The van der Waals surface area contributed by atoms with Crippen molar-refractivity contribution in [3.63, 3.8) is 0 Å². The number of aliphatic hydroxyl groups excluding tert-OH is 1. The summed E-state index contributed by atoms with van der Waals surface area (Å²) in [6.07, 6.45) is -1.34. The second-order valence-electron chi connectivity index (χ2n) is 4.70. The maximum Gasteiger partial charge on any atom is 0.162 e. The molecule has 0 aromatic heterocycles. The average Bonchev–Trinajstić information content (AvgIpc) is 2.55. The van der Waals surface area contributed by atoms with Crippen LogP contribution in [-0.2, 0) is 0 Å². The topological polar surface area (TPSA) is 62.5 Å². The van der Waals surface area contributed by atoms with Crippen LogP contribution in [0, 0.1) is 23.0 Å². The van der Waals surface area contributed by atoms with Crippen LogP contribution in [0.4, 0.5) is 8.78 Å². The van der Waals surface area contributed by atoms with E-state index in [-0.39, 0.29) is 12.2 Å². The third-order valence-corrected chi connectivity index (χ3v) is 3.09. The highest BCUT2D eigenvalue weighted by Crippen LogP contribution is 2.29. The largest absolute Gasteiger partial charge is 0.490 e. The van der Waals surface area contributed by atoms with Crippen LogP contribution >= 0.6 is 0 Å². The van der Waals surface area contributed by atoms with E-state index in [2.05, 4.69) is 0 Å². The van der Waals surface area contributed by atoms with Crippen molar-refractivity contribution in [3.8, 4) is 17.6 Å². The van der Waals surface area contributed by atoms with Gasteiger partial charge in [0, 0.05) is 11.6 Å². The smallest absolute Gasteiger partial charge is 0.162 e. The second kappa shape index (κ2) is 7.56. The molecule has 1 N–H and O–H groups in total. The van der Waals surface area contributed by atoms with Crippen LogP contribution in [0.25, 0.3) is 0 Å². The lowest BCUT2D eigenvalue weighted by molar-refractivity contribution is 0.102. The molecule has 6 heteroatoms. The van der Waals surface area contributed by atoms with Crippen molar-refractivity contribution < 1.29 is 23.4 Å². The van der Waals surface area contributed by atoms with Crippen molar-refractivity contribution in [3.05, 3.63) is 59.2 Å². The van der Waals surface area contributed by atoms with E-state index in [1.165, 1.54) is 18.2 Å². The lowest BCUT2D eigenvalue weighted by atomic mass is 10.1. The molecule has 0 aliphatic carbocycles.